The van der Waals surface area contributed by atoms with Crippen molar-refractivity contribution in [2.45, 2.75) is 0 Å². The average Bonchev–Trinajstić information content (AvgIpc) is 3.67. The van der Waals surface area contributed by atoms with Crippen LogP contribution in [0.3, 0.4) is 0 Å². The van der Waals surface area contributed by atoms with Gasteiger partial charge in [0.05, 0.1) is 16.5 Å². The molecule has 0 fully saturated rings. The molecule has 0 atom stereocenters. The quantitative estimate of drug-likeness (QED) is 0.153. The van der Waals surface area contributed by atoms with E-state index in [1.54, 1.807) is 4.90 Å². The zero-order valence-corrected chi connectivity index (χ0v) is 32.0. The van der Waals surface area contributed by atoms with Crippen LogP contribution >= 0.6 is 0 Å². The maximum atomic E-state index is 9.31. The number of fused-ring (bicyclic) bond motifs is 5. The maximum Gasteiger partial charge on any atom is 0.0645 e. The molecule has 0 aliphatic heterocycles. The van der Waals surface area contributed by atoms with E-state index < -0.39 is 0 Å². The fourth-order valence-corrected chi connectivity index (χ4v) is 8.37. The summed E-state index contributed by atoms with van der Waals surface area (Å²) in [6, 6.07) is 71.8. The second kappa shape index (κ2) is 14.6. The number of rotatable bonds is 8. The van der Waals surface area contributed by atoms with E-state index in [2.05, 4.69) is 137 Å². The summed E-state index contributed by atoms with van der Waals surface area (Å²) >= 11 is 0. The third-order valence-corrected chi connectivity index (χ3v) is 11.2. The molecule has 0 amide bonds. The normalized spacial score (nSPS) is 12.3. The van der Waals surface area contributed by atoms with E-state index in [0.717, 1.165) is 66.7 Å². The van der Waals surface area contributed by atoms with Crippen molar-refractivity contribution in [3.63, 3.8) is 0 Å². The van der Waals surface area contributed by atoms with Crippen LogP contribution in [-0.2, 0) is 0 Å². The molecule has 3 nitrogen and oxygen atoms in total. The molecule has 0 unspecified atom stereocenters. The molecule has 0 aliphatic carbocycles. The highest BCUT2D eigenvalue weighted by Crippen LogP contribution is 2.42. The van der Waals surface area contributed by atoms with Crippen LogP contribution in [0.5, 0.6) is 0 Å². The monoisotopic (exact) mass is 757 g/mol. The van der Waals surface area contributed by atoms with Crippen LogP contribution in [0.1, 0.15) is 5.48 Å². The van der Waals surface area contributed by atoms with Crippen LogP contribution < -0.4 is 9.80 Å². The average molecular weight is 758 g/mol. The molecule has 10 aromatic carbocycles. The Labute approximate surface area is 349 Å². The molecule has 1 aromatic heterocycles. The minimum Gasteiger partial charge on any atom is -0.311 e. The number of hydrogen-bond acceptors (Lipinski definition) is 2. The molecular formula is C56H39N3. The zero-order valence-electron chi connectivity index (χ0n) is 36.0. The van der Waals surface area contributed by atoms with Crippen LogP contribution in [-0.4, -0.2) is 4.57 Å². The zero-order chi connectivity index (χ0) is 42.6. The van der Waals surface area contributed by atoms with Gasteiger partial charge in [-0.2, -0.15) is 0 Å². The van der Waals surface area contributed by atoms with Gasteiger partial charge in [0.25, 0.3) is 0 Å². The third kappa shape index (κ3) is 6.26. The van der Waals surface area contributed by atoms with Crippen LogP contribution in [0.2, 0.25) is 0 Å². The van der Waals surface area contributed by atoms with E-state index in [1.807, 2.05) is 84.9 Å². The Balaban J connectivity index is 1.04. The highest BCUT2D eigenvalue weighted by Gasteiger charge is 2.19. The van der Waals surface area contributed by atoms with Gasteiger partial charge in [0.1, 0.15) is 0 Å². The van der Waals surface area contributed by atoms with Gasteiger partial charge in [-0.25, -0.2) is 0 Å². The molecular weight excluding hydrogens is 715 g/mol. The first kappa shape index (κ1) is 30.3. The third-order valence-electron chi connectivity index (χ3n) is 11.2. The summed E-state index contributed by atoms with van der Waals surface area (Å²) in [6.45, 7) is 0. The molecule has 11 rings (SSSR count). The molecule has 0 saturated heterocycles. The minimum absolute atomic E-state index is 0.0923. The lowest BCUT2D eigenvalue weighted by molar-refractivity contribution is 1.18. The fraction of sp³-hybridized carbons (Fsp3) is 0. The topological polar surface area (TPSA) is 11.4 Å². The fourth-order valence-electron chi connectivity index (χ4n) is 8.37. The Morgan fingerprint density at radius 3 is 1.51 bits per heavy atom. The lowest BCUT2D eigenvalue weighted by atomic mass is 10.00. The van der Waals surface area contributed by atoms with E-state index in [9.17, 15) is 5.48 Å². The summed E-state index contributed by atoms with van der Waals surface area (Å²) in [5.74, 6) is 0. The molecule has 1 heterocycles. The van der Waals surface area contributed by atoms with Crippen molar-refractivity contribution in [3.8, 4) is 16.8 Å². The number of para-hydroxylation sites is 4. The SMILES string of the molecule is [2H]c1c([2H])c(N(c2ccccc2)c2ccccc2)c([2H])c([2H])c1-c1ccc2cc(N(c3ccc4ccccc4c3)c3ccc4c(c3)c3ccccc3n4-c3ccccc3)ccc2c1. The molecule has 0 radical (unpaired) electrons. The Kier molecular flexibility index (Phi) is 7.48. The summed E-state index contributed by atoms with van der Waals surface area (Å²) in [4.78, 5) is 4.10. The van der Waals surface area contributed by atoms with Crippen LogP contribution in [0.15, 0.2) is 236 Å². The van der Waals surface area contributed by atoms with Crippen molar-refractivity contribution in [2.24, 2.45) is 0 Å². The number of anilines is 6. The van der Waals surface area contributed by atoms with Crippen LogP contribution in [0, 0.1) is 0 Å². The van der Waals surface area contributed by atoms with Gasteiger partial charge in [0.2, 0.25) is 0 Å². The van der Waals surface area contributed by atoms with E-state index in [-0.39, 0.29) is 35.4 Å². The summed E-state index contributed by atoms with van der Waals surface area (Å²) in [6.07, 6.45) is 0. The van der Waals surface area contributed by atoms with Crippen molar-refractivity contribution < 1.29 is 5.48 Å². The van der Waals surface area contributed by atoms with Crippen molar-refractivity contribution in [2.75, 3.05) is 9.80 Å². The summed E-state index contributed by atoms with van der Waals surface area (Å²) in [5.41, 5.74) is 9.00. The lowest BCUT2D eigenvalue weighted by Crippen LogP contribution is -2.10. The van der Waals surface area contributed by atoms with Gasteiger partial charge >= 0.3 is 0 Å². The highest BCUT2D eigenvalue weighted by atomic mass is 15.1. The van der Waals surface area contributed by atoms with Crippen molar-refractivity contribution in [3.05, 3.63) is 236 Å². The van der Waals surface area contributed by atoms with E-state index >= 15 is 0 Å². The Morgan fingerprint density at radius 2 is 0.797 bits per heavy atom. The van der Waals surface area contributed by atoms with E-state index in [1.165, 1.54) is 10.8 Å². The van der Waals surface area contributed by atoms with Gasteiger partial charge in [-0.3, -0.25) is 0 Å². The first-order valence-electron chi connectivity index (χ1n) is 21.9. The predicted molar refractivity (Wildman–Crippen MR) is 251 cm³/mol. The van der Waals surface area contributed by atoms with Gasteiger partial charge in [-0.15, -0.1) is 0 Å². The van der Waals surface area contributed by atoms with Crippen molar-refractivity contribution >= 4 is 77.5 Å². The van der Waals surface area contributed by atoms with Gasteiger partial charge in [0, 0.05) is 50.6 Å². The standard InChI is InChI=1S/C56H39N3/c1-4-16-46(17-5-1)57(47-18-6-2-7-19-47)49-30-26-41(27-31-49)43-24-25-45-38-51(33-29-44(45)36-43)58(50-32-28-40-14-10-11-15-42(40)37-50)52-34-35-56-54(39-52)53-22-12-13-23-55(53)59(56)48-20-8-3-9-21-48/h1-39H/i26D,27D,30D,31D. The first-order chi connectivity index (χ1) is 30.9. The molecule has 0 spiro atoms. The summed E-state index contributed by atoms with van der Waals surface area (Å²) in [5, 5.41) is 6.56. The van der Waals surface area contributed by atoms with E-state index in [0.29, 0.717) is 5.56 Å². The molecule has 0 N–H and O–H groups in total. The molecule has 0 saturated carbocycles. The van der Waals surface area contributed by atoms with Gasteiger partial charge in [-0.05, 0) is 136 Å². The second-order valence-corrected chi connectivity index (χ2v) is 14.7. The molecule has 0 aliphatic rings. The molecule has 278 valence electrons. The number of benzene rings is 10. The second-order valence-electron chi connectivity index (χ2n) is 14.7. The van der Waals surface area contributed by atoms with Crippen LogP contribution in [0.4, 0.5) is 34.1 Å². The molecule has 11 aromatic rings. The highest BCUT2D eigenvalue weighted by molar-refractivity contribution is 6.11. The minimum atomic E-state index is -0.107. The molecule has 0 bridgehead atoms. The van der Waals surface area contributed by atoms with Crippen LogP contribution in [0.25, 0.3) is 60.2 Å². The number of aromatic nitrogens is 1. The van der Waals surface area contributed by atoms with E-state index in [4.69, 9.17) is 0 Å². The summed E-state index contributed by atoms with van der Waals surface area (Å²) < 4.78 is 39.6. The lowest BCUT2D eigenvalue weighted by Gasteiger charge is -2.26. The maximum absolute atomic E-state index is 9.31. The predicted octanol–water partition coefficient (Wildman–Crippen LogP) is 15.7. The molecule has 3 heteroatoms. The van der Waals surface area contributed by atoms with Crippen molar-refractivity contribution in [1.29, 1.82) is 0 Å². The Hall–Kier alpha value is -7.88. The Morgan fingerprint density at radius 1 is 0.305 bits per heavy atom. The van der Waals surface area contributed by atoms with Crippen molar-refractivity contribution in [1.82, 2.24) is 4.57 Å². The smallest absolute Gasteiger partial charge is 0.0645 e. The van der Waals surface area contributed by atoms with Gasteiger partial charge < -0.3 is 14.4 Å². The number of nitrogens with zero attached hydrogens (tertiary/aromatic N) is 3. The Bertz CT molecular complexity index is 3450. The summed E-state index contributed by atoms with van der Waals surface area (Å²) in [7, 11) is 0. The first-order valence-corrected chi connectivity index (χ1v) is 19.9. The number of hydrogen-bond donors (Lipinski definition) is 0. The van der Waals surface area contributed by atoms with Gasteiger partial charge in [-0.1, -0.05) is 133 Å². The van der Waals surface area contributed by atoms with Gasteiger partial charge in [0.15, 0.2) is 0 Å². The molecule has 59 heavy (non-hydrogen) atoms. The largest absolute Gasteiger partial charge is 0.311 e.